The molecule has 1 heterocycles. The number of rotatable bonds is 7. The van der Waals surface area contributed by atoms with E-state index in [4.69, 9.17) is 0 Å². The SMILES string of the molecule is CCCCC(N=C1NS(=O)(=O)c2ccccc21)C(=O)Nc1cccc(SC)c1. The first kappa shape index (κ1) is 20.4. The van der Waals surface area contributed by atoms with E-state index in [9.17, 15) is 13.2 Å². The normalized spacial score (nSPS) is 17.0. The average Bonchev–Trinajstić information content (AvgIpc) is 2.95. The summed E-state index contributed by atoms with van der Waals surface area (Å²) in [6.07, 6.45) is 4.24. The molecular formula is C20H23N3O3S2. The number of aliphatic imine (C=N–C) groups is 1. The summed E-state index contributed by atoms with van der Waals surface area (Å²) >= 11 is 1.59. The number of sulfonamides is 1. The van der Waals surface area contributed by atoms with Crippen molar-refractivity contribution in [3.8, 4) is 0 Å². The standard InChI is InChI=1S/C20H23N3O3S2/c1-3-4-11-17(20(24)21-14-8-7-9-15(13-14)27-2)22-19-16-10-5-6-12-18(16)28(25,26)23-19/h5-10,12-13,17H,3-4,11H2,1-2H3,(H,21,24)(H,22,23). The van der Waals surface area contributed by atoms with Crippen molar-refractivity contribution in [2.75, 3.05) is 11.6 Å². The number of nitrogens with one attached hydrogen (secondary N) is 2. The Kier molecular flexibility index (Phi) is 6.41. The van der Waals surface area contributed by atoms with E-state index < -0.39 is 16.1 Å². The average molecular weight is 418 g/mol. The van der Waals surface area contributed by atoms with Gasteiger partial charge >= 0.3 is 0 Å². The summed E-state index contributed by atoms with van der Waals surface area (Å²) in [5.74, 6) is -0.0208. The van der Waals surface area contributed by atoms with E-state index in [-0.39, 0.29) is 16.6 Å². The third kappa shape index (κ3) is 4.56. The molecule has 1 aliphatic heterocycles. The van der Waals surface area contributed by atoms with Gasteiger partial charge < -0.3 is 5.32 Å². The fraction of sp³-hybridized carbons (Fsp3) is 0.300. The Morgan fingerprint density at radius 2 is 2.00 bits per heavy atom. The molecule has 0 fully saturated rings. The molecule has 2 aromatic rings. The number of benzene rings is 2. The number of carbonyl (C=O) groups is 1. The zero-order valence-corrected chi connectivity index (χ0v) is 17.4. The van der Waals surface area contributed by atoms with E-state index in [0.29, 0.717) is 17.7 Å². The highest BCUT2D eigenvalue weighted by molar-refractivity contribution is 7.98. The summed E-state index contributed by atoms with van der Waals surface area (Å²) in [6.45, 7) is 2.04. The molecule has 1 aliphatic rings. The van der Waals surface area contributed by atoms with Crippen LogP contribution in [0.15, 0.2) is 63.3 Å². The van der Waals surface area contributed by atoms with Crippen LogP contribution in [0.2, 0.25) is 0 Å². The third-order valence-corrected chi connectivity index (χ3v) is 6.54. The molecule has 148 valence electrons. The van der Waals surface area contributed by atoms with Gasteiger partial charge in [-0.2, -0.15) is 0 Å². The Morgan fingerprint density at radius 3 is 2.75 bits per heavy atom. The van der Waals surface area contributed by atoms with Crippen molar-refractivity contribution < 1.29 is 13.2 Å². The minimum atomic E-state index is -3.63. The second kappa shape index (κ2) is 8.79. The van der Waals surface area contributed by atoms with Gasteiger partial charge in [0, 0.05) is 16.1 Å². The van der Waals surface area contributed by atoms with Crippen molar-refractivity contribution in [3.63, 3.8) is 0 Å². The largest absolute Gasteiger partial charge is 0.324 e. The number of unbranched alkanes of at least 4 members (excludes halogenated alkanes) is 1. The van der Waals surface area contributed by atoms with Crippen LogP contribution in [0.4, 0.5) is 5.69 Å². The van der Waals surface area contributed by atoms with Crippen molar-refractivity contribution in [2.45, 2.75) is 42.0 Å². The topological polar surface area (TPSA) is 87.6 Å². The second-order valence-corrected chi connectivity index (χ2v) is 8.99. The van der Waals surface area contributed by atoms with Crippen LogP contribution in [0.1, 0.15) is 31.7 Å². The van der Waals surface area contributed by atoms with Gasteiger partial charge in [0.2, 0.25) is 5.91 Å². The molecule has 0 saturated carbocycles. The molecule has 3 rings (SSSR count). The highest BCUT2D eigenvalue weighted by atomic mass is 32.2. The molecule has 8 heteroatoms. The number of anilines is 1. The van der Waals surface area contributed by atoms with Crippen molar-refractivity contribution in [1.29, 1.82) is 0 Å². The Bertz CT molecular complexity index is 1000. The van der Waals surface area contributed by atoms with Gasteiger partial charge in [0.05, 0.1) is 4.90 Å². The van der Waals surface area contributed by atoms with E-state index in [1.165, 1.54) is 6.07 Å². The zero-order valence-electron chi connectivity index (χ0n) is 15.8. The van der Waals surface area contributed by atoms with Crippen molar-refractivity contribution >= 4 is 39.2 Å². The van der Waals surface area contributed by atoms with Crippen molar-refractivity contribution in [1.82, 2.24) is 4.72 Å². The molecule has 0 spiro atoms. The first-order chi connectivity index (χ1) is 13.4. The molecule has 0 bridgehead atoms. The fourth-order valence-corrected chi connectivity index (χ4v) is 4.66. The second-order valence-electron chi connectivity index (χ2n) is 6.46. The highest BCUT2D eigenvalue weighted by Crippen LogP contribution is 2.24. The minimum Gasteiger partial charge on any atom is -0.324 e. The molecule has 1 unspecified atom stereocenters. The maximum absolute atomic E-state index is 12.9. The third-order valence-electron chi connectivity index (χ3n) is 4.42. The Morgan fingerprint density at radius 1 is 1.21 bits per heavy atom. The summed E-state index contributed by atoms with van der Waals surface area (Å²) in [6, 6.07) is 13.6. The molecule has 0 aromatic heterocycles. The van der Waals surface area contributed by atoms with Crippen LogP contribution in [0.25, 0.3) is 0 Å². The van der Waals surface area contributed by atoms with Gasteiger partial charge in [-0.05, 0) is 43.0 Å². The smallest absolute Gasteiger partial charge is 0.263 e. The van der Waals surface area contributed by atoms with Crippen LogP contribution in [-0.4, -0.2) is 32.5 Å². The fourth-order valence-electron chi connectivity index (χ4n) is 2.96. The molecule has 28 heavy (non-hydrogen) atoms. The van der Waals surface area contributed by atoms with Gasteiger partial charge in [0.15, 0.2) is 0 Å². The Balaban J connectivity index is 1.88. The molecule has 0 saturated heterocycles. The molecule has 2 aromatic carbocycles. The lowest BCUT2D eigenvalue weighted by atomic mass is 10.1. The first-order valence-corrected chi connectivity index (χ1v) is 11.8. The lowest BCUT2D eigenvalue weighted by Crippen LogP contribution is -2.30. The number of nitrogens with zero attached hydrogens (tertiary/aromatic N) is 1. The van der Waals surface area contributed by atoms with Gasteiger partial charge in [-0.3, -0.25) is 14.5 Å². The molecule has 1 atom stereocenters. The number of hydrogen-bond donors (Lipinski definition) is 2. The summed E-state index contributed by atoms with van der Waals surface area (Å²) in [5, 5.41) is 2.91. The Hall–Kier alpha value is -2.32. The summed E-state index contributed by atoms with van der Waals surface area (Å²) in [4.78, 5) is 18.6. The number of carbonyl (C=O) groups excluding carboxylic acids is 1. The predicted octanol–water partition coefficient (Wildman–Crippen LogP) is 3.64. The number of amidine groups is 1. The monoisotopic (exact) mass is 417 g/mol. The maximum atomic E-state index is 12.9. The van der Waals surface area contributed by atoms with Gasteiger partial charge in [-0.25, -0.2) is 8.42 Å². The van der Waals surface area contributed by atoms with Gasteiger partial charge in [0.1, 0.15) is 11.9 Å². The number of amides is 1. The molecule has 0 aliphatic carbocycles. The first-order valence-electron chi connectivity index (χ1n) is 9.09. The lowest BCUT2D eigenvalue weighted by molar-refractivity contribution is -0.117. The van der Waals surface area contributed by atoms with Crippen molar-refractivity contribution in [2.24, 2.45) is 4.99 Å². The number of thioether (sulfide) groups is 1. The molecular weight excluding hydrogens is 394 g/mol. The molecule has 0 radical (unpaired) electrons. The lowest BCUT2D eigenvalue weighted by Gasteiger charge is -2.14. The van der Waals surface area contributed by atoms with Crippen LogP contribution < -0.4 is 10.0 Å². The van der Waals surface area contributed by atoms with E-state index in [2.05, 4.69) is 15.0 Å². The van der Waals surface area contributed by atoms with Gasteiger partial charge in [-0.1, -0.05) is 38.0 Å². The minimum absolute atomic E-state index is 0.191. The zero-order chi connectivity index (χ0) is 20.1. The quantitative estimate of drug-likeness (QED) is 0.673. The van der Waals surface area contributed by atoms with Gasteiger partial charge in [0.25, 0.3) is 10.0 Å². The van der Waals surface area contributed by atoms with Crippen LogP contribution in [0.5, 0.6) is 0 Å². The van der Waals surface area contributed by atoms with Crippen molar-refractivity contribution in [3.05, 3.63) is 54.1 Å². The van der Waals surface area contributed by atoms with Crippen LogP contribution >= 0.6 is 11.8 Å². The summed E-state index contributed by atoms with van der Waals surface area (Å²) in [7, 11) is -3.63. The highest BCUT2D eigenvalue weighted by Gasteiger charge is 2.31. The van der Waals surface area contributed by atoms with Crippen LogP contribution in [-0.2, 0) is 14.8 Å². The van der Waals surface area contributed by atoms with E-state index in [1.54, 1.807) is 30.0 Å². The van der Waals surface area contributed by atoms with E-state index >= 15 is 0 Å². The number of hydrogen-bond acceptors (Lipinski definition) is 5. The summed E-state index contributed by atoms with van der Waals surface area (Å²) < 4.78 is 27.1. The molecule has 1 amide bonds. The van der Waals surface area contributed by atoms with Crippen LogP contribution in [0, 0.1) is 0 Å². The molecule has 6 nitrogen and oxygen atoms in total. The Labute approximate surface area is 169 Å². The van der Waals surface area contributed by atoms with E-state index in [0.717, 1.165) is 17.7 Å². The predicted molar refractivity (Wildman–Crippen MR) is 113 cm³/mol. The number of fused-ring (bicyclic) bond motifs is 1. The van der Waals surface area contributed by atoms with Gasteiger partial charge in [-0.15, -0.1) is 11.8 Å². The summed E-state index contributed by atoms with van der Waals surface area (Å²) in [5.41, 5.74) is 1.20. The van der Waals surface area contributed by atoms with E-state index in [1.807, 2.05) is 37.4 Å². The van der Waals surface area contributed by atoms with Crippen LogP contribution in [0.3, 0.4) is 0 Å². The maximum Gasteiger partial charge on any atom is 0.263 e. The molecule has 2 N–H and O–H groups in total.